The number of nitrogens with one attached hydrogen (secondary N) is 1. The average Bonchev–Trinajstić information content (AvgIpc) is 2.65. The molecular formula is C11H8ClFN2O2S. The van der Waals surface area contributed by atoms with Gasteiger partial charge in [-0.05, 0) is 25.1 Å². The smallest absolute Gasteiger partial charge is 0.347 e. The standard InChI is InChI=1S/C11H8ClFN2O2S/c1-5-9(10(16)17)18-11(14-5)15-8-4-6(12)2-3-7(8)13/h2-4H,1H3,(H,14,15)(H,16,17). The molecule has 0 aliphatic carbocycles. The Morgan fingerprint density at radius 1 is 1.56 bits per heavy atom. The van der Waals surface area contributed by atoms with E-state index in [-0.39, 0.29) is 10.6 Å². The molecule has 0 radical (unpaired) electrons. The molecule has 0 bridgehead atoms. The molecule has 1 aromatic carbocycles. The van der Waals surface area contributed by atoms with Gasteiger partial charge in [0.25, 0.3) is 0 Å². The summed E-state index contributed by atoms with van der Waals surface area (Å²) in [6, 6.07) is 4.06. The number of hydrogen-bond acceptors (Lipinski definition) is 4. The largest absolute Gasteiger partial charge is 0.477 e. The fourth-order valence-electron chi connectivity index (χ4n) is 1.36. The van der Waals surface area contributed by atoms with Gasteiger partial charge < -0.3 is 10.4 Å². The Bertz CT molecular complexity index is 615. The number of benzene rings is 1. The highest BCUT2D eigenvalue weighted by molar-refractivity contribution is 7.17. The molecule has 94 valence electrons. The number of aromatic nitrogens is 1. The second-order valence-corrected chi connectivity index (χ2v) is 4.92. The van der Waals surface area contributed by atoms with Gasteiger partial charge in [-0.3, -0.25) is 0 Å². The molecule has 0 aliphatic heterocycles. The summed E-state index contributed by atoms with van der Waals surface area (Å²) in [5.74, 6) is -1.53. The van der Waals surface area contributed by atoms with Gasteiger partial charge in [-0.1, -0.05) is 22.9 Å². The lowest BCUT2D eigenvalue weighted by atomic mass is 10.3. The number of hydrogen-bond donors (Lipinski definition) is 2. The number of carboxylic acid groups (broad SMARTS) is 1. The van der Waals surface area contributed by atoms with Gasteiger partial charge in [-0.25, -0.2) is 14.2 Å². The number of aryl methyl sites for hydroxylation is 1. The molecule has 0 fully saturated rings. The van der Waals surface area contributed by atoms with E-state index in [0.717, 1.165) is 11.3 Å². The van der Waals surface area contributed by atoms with Crippen LogP contribution in [0.3, 0.4) is 0 Å². The molecule has 1 heterocycles. The second kappa shape index (κ2) is 4.91. The van der Waals surface area contributed by atoms with Crippen LogP contribution >= 0.6 is 22.9 Å². The summed E-state index contributed by atoms with van der Waals surface area (Å²) in [7, 11) is 0. The first-order valence-corrected chi connectivity index (χ1v) is 6.09. The quantitative estimate of drug-likeness (QED) is 0.903. The van der Waals surface area contributed by atoms with Gasteiger partial charge in [-0.2, -0.15) is 0 Å². The highest BCUT2D eigenvalue weighted by Crippen LogP contribution is 2.28. The summed E-state index contributed by atoms with van der Waals surface area (Å²) < 4.78 is 13.5. The minimum atomic E-state index is -1.05. The number of carbonyl (C=O) groups is 1. The van der Waals surface area contributed by atoms with Gasteiger partial charge in [0.15, 0.2) is 5.13 Å². The lowest BCUT2D eigenvalue weighted by Crippen LogP contribution is -1.94. The van der Waals surface area contributed by atoms with Gasteiger partial charge in [0.05, 0.1) is 11.4 Å². The predicted molar refractivity (Wildman–Crippen MR) is 68.5 cm³/mol. The highest BCUT2D eigenvalue weighted by atomic mass is 35.5. The van der Waals surface area contributed by atoms with Crippen molar-refractivity contribution < 1.29 is 14.3 Å². The summed E-state index contributed by atoms with van der Waals surface area (Å²) in [4.78, 5) is 15.0. The Morgan fingerprint density at radius 3 is 2.89 bits per heavy atom. The van der Waals surface area contributed by atoms with Gasteiger partial charge in [0.1, 0.15) is 10.7 Å². The average molecular weight is 287 g/mol. The minimum Gasteiger partial charge on any atom is -0.477 e. The molecule has 0 aliphatic rings. The Kier molecular flexibility index (Phi) is 3.49. The molecule has 0 atom stereocenters. The molecule has 1 aromatic heterocycles. The van der Waals surface area contributed by atoms with Crippen molar-refractivity contribution in [3.63, 3.8) is 0 Å². The molecule has 0 saturated heterocycles. The lowest BCUT2D eigenvalue weighted by molar-refractivity contribution is 0.0701. The third kappa shape index (κ3) is 2.60. The van der Waals surface area contributed by atoms with Crippen LogP contribution in [-0.2, 0) is 0 Å². The van der Waals surface area contributed by atoms with Crippen LogP contribution in [-0.4, -0.2) is 16.1 Å². The molecule has 4 nitrogen and oxygen atoms in total. The molecule has 18 heavy (non-hydrogen) atoms. The third-order valence-corrected chi connectivity index (χ3v) is 3.46. The van der Waals surface area contributed by atoms with Crippen LogP contribution in [0.15, 0.2) is 18.2 Å². The predicted octanol–water partition coefficient (Wildman–Crippen LogP) is 3.69. The number of rotatable bonds is 3. The summed E-state index contributed by atoms with van der Waals surface area (Å²) in [6.07, 6.45) is 0. The van der Waals surface area contributed by atoms with Gasteiger partial charge in [0.2, 0.25) is 0 Å². The molecule has 0 saturated carbocycles. The van der Waals surface area contributed by atoms with Gasteiger partial charge >= 0.3 is 5.97 Å². The van der Waals surface area contributed by atoms with Crippen molar-refractivity contribution in [2.24, 2.45) is 0 Å². The van der Waals surface area contributed by atoms with E-state index in [9.17, 15) is 9.18 Å². The highest BCUT2D eigenvalue weighted by Gasteiger charge is 2.14. The molecule has 2 aromatic rings. The summed E-state index contributed by atoms with van der Waals surface area (Å²) in [5, 5.41) is 12.3. The first-order valence-electron chi connectivity index (χ1n) is 4.90. The van der Waals surface area contributed by atoms with Crippen LogP contribution in [0.25, 0.3) is 0 Å². The number of thiazole rings is 1. The first kappa shape index (κ1) is 12.8. The Hall–Kier alpha value is -1.66. The minimum absolute atomic E-state index is 0.125. The van der Waals surface area contributed by atoms with E-state index < -0.39 is 11.8 Å². The maximum atomic E-state index is 13.5. The summed E-state index contributed by atoms with van der Waals surface area (Å²) in [6.45, 7) is 1.58. The van der Waals surface area contributed by atoms with Crippen molar-refractivity contribution >= 4 is 39.7 Å². The zero-order valence-corrected chi connectivity index (χ0v) is 10.8. The molecular weight excluding hydrogens is 279 g/mol. The fraction of sp³-hybridized carbons (Fsp3) is 0.0909. The number of anilines is 2. The summed E-state index contributed by atoms with van der Waals surface area (Å²) >= 11 is 6.70. The van der Waals surface area contributed by atoms with Crippen LogP contribution in [0, 0.1) is 12.7 Å². The zero-order valence-electron chi connectivity index (χ0n) is 9.20. The number of halogens is 2. The van der Waals surface area contributed by atoms with Crippen LogP contribution in [0.4, 0.5) is 15.2 Å². The molecule has 7 heteroatoms. The van der Waals surface area contributed by atoms with Crippen molar-refractivity contribution in [1.82, 2.24) is 4.98 Å². The van der Waals surface area contributed by atoms with E-state index in [1.165, 1.54) is 18.2 Å². The molecule has 0 unspecified atom stereocenters. The van der Waals surface area contributed by atoms with E-state index in [4.69, 9.17) is 16.7 Å². The van der Waals surface area contributed by atoms with Gasteiger partial charge in [-0.15, -0.1) is 0 Å². The van der Waals surface area contributed by atoms with E-state index >= 15 is 0 Å². The number of aromatic carboxylic acids is 1. The molecule has 2 N–H and O–H groups in total. The SMILES string of the molecule is Cc1nc(Nc2cc(Cl)ccc2F)sc1C(=O)O. The van der Waals surface area contributed by atoms with E-state index in [2.05, 4.69) is 10.3 Å². The third-order valence-electron chi connectivity index (χ3n) is 2.16. The topological polar surface area (TPSA) is 62.2 Å². The van der Waals surface area contributed by atoms with Crippen LogP contribution in [0.1, 0.15) is 15.4 Å². The monoisotopic (exact) mass is 286 g/mol. The Labute approximate surface area is 111 Å². The molecule has 0 amide bonds. The zero-order chi connectivity index (χ0) is 13.3. The van der Waals surface area contributed by atoms with Crippen LogP contribution in [0.2, 0.25) is 5.02 Å². The van der Waals surface area contributed by atoms with Crippen molar-refractivity contribution in [3.05, 3.63) is 39.6 Å². The van der Waals surface area contributed by atoms with E-state index in [1.54, 1.807) is 6.92 Å². The lowest BCUT2D eigenvalue weighted by Gasteiger charge is -2.04. The Morgan fingerprint density at radius 2 is 2.28 bits per heavy atom. The maximum absolute atomic E-state index is 13.5. The van der Waals surface area contributed by atoms with Crippen LogP contribution in [0.5, 0.6) is 0 Å². The Balaban J connectivity index is 2.31. The normalized spacial score (nSPS) is 10.4. The number of nitrogens with zero attached hydrogens (tertiary/aromatic N) is 1. The summed E-state index contributed by atoms with van der Waals surface area (Å²) in [5.41, 5.74) is 0.547. The maximum Gasteiger partial charge on any atom is 0.347 e. The van der Waals surface area contributed by atoms with Crippen molar-refractivity contribution in [2.45, 2.75) is 6.92 Å². The molecule has 2 rings (SSSR count). The van der Waals surface area contributed by atoms with Crippen LogP contribution < -0.4 is 5.32 Å². The van der Waals surface area contributed by atoms with Crippen molar-refractivity contribution in [2.75, 3.05) is 5.32 Å². The van der Waals surface area contributed by atoms with Gasteiger partial charge in [0, 0.05) is 5.02 Å². The molecule has 0 spiro atoms. The number of carboxylic acids is 1. The fourth-order valence-corrected chi connectivity index (χ4v) is 2.35. The second-order valence-electron chi connectivity index (χ2n) is 3.49. The first-order chi connectivity index (χ1) is 8.47. The van der Waals surface area contributed by atoms with E-state index in [1.807, 2.05) is 0 Å². The van der Waals surface area contributed by atoms with E-state index in [0.29, 0.717) is 15.8 Å². The van der Waals surface area contributed by atoms with Crippen molar-refractivity contribution in [1.29, 1.82) is 0 Å². The van der Waals surface area contributed by atoms with Crippen molar-refractivity contribution in [3.8, 4) is 0 Å².